The number of hydrogen-bond acceptors (Lipinski definition) is 4. The predicted molar refractivity (Wildman–Crippen MR) is 79.4 cm³/mol. The fourth-order valence-corrected chi connectivity index (χ4v) is 3.70. The Kier molecular flexibility index (Phi) is 3.51. The quantitative estimate of drug-likeness (QED) is 0.860. The van der Waals surface area contributed by atoms with Crippen molar-refractivity contribution in [2.45, 2.75) is 32.1 Å². The van der Waals surface area contributed by atoms with Crippen LogP contribution in [-0.4, -0.2) is 24.0 Å². The first-order valence-electron chi connectivity index (χ1n) is 7.45. The molecule has 5 heteroatoms. The molecule has 1 aliphatic heterocycles. The monoisotopic (exact) mass is 274 g/mol. The van der Waals surface area contributed by atoms with E-state index in [1.165, 1.54) is 32.1 Å². The summed E-state index contributed by atoms with van der Waals surface area (Å²) in [5.41, 5.74) is 12.1. The second-order valence-electron chi connectivity index (χ2n) is 6.04. The van der Waals surface area contributed by atoms with Gasteiger partial charge in [-0.2, -0.15) is 0 Å². The Labute approximate surface area is 119 Å². The average Bonchev–Trinajstić information content (AvgIpc) is 2.46. The van der Waals surface area contributed by atoms with Gasteiger partial charge in [0, 0.05) is 13.1 Å². The molecule has 0 bridgehead atoms. The Morgan fingerprint density at radius 1 is 1.25 bits per heavy atom. The fraction of sp³-hybridized carbons (Fsp3) is 0.600. The van der Waals surface area contributed by atoms with Crippen molar-refractivity contribution in [3.8, 4) is 0 Å². The maximum atomic E-state index is 11.6. The number of pyridine rings is 1. The maximum absolute atomic E-state index is 11.6. The lowest BCUT2D eigenvalue weighted by molar-refractivity contribution is 0.1000. The van der Waals surface area contributed by atoms with Gasteiger partial charge in [-0.1, -0.05) is 19.3 Å². The Hall–Kier alpha value is -1.78. The highest BCUT2D eigenvalue weighted by Crippen LogP contribution is 2.37. The summed E-state index contributed by atoms with van der Waals surface area (Å²) in [4.78, 5) is 18.2. The second-order valence-corrected chi connectivity index (χ2v) is 6.04. The number of carbonyl (C=O) groups is 1. The Bertz CT molecular complexity index is 517. The number of piperidine rings is 1. The molecule has 108 valence electrons. The van der Waals surface area contributed by atoms with E-state index in [9.17, 15) is 4.79 Å². The molecule has 2 heterocycles. The van der Waals surface area contributed by atoms with E-state index in [4.69, 9.17) is 11.5 Å². The molecule has 2 fully saturated rings. The third-order valence-corrected chi connectivity index (χ3v) is 4.74. The van der Waals surface area contributed by atoms with Crippen molar-refractivity contribution in [3.63, 3.8) is 0 Å². The lowest BCUT2D eigenvalue weighted by atomic mass is 9.75. The number of amides is 1. The van der Waals surface area contributed by atoms with Crippen LogP contribution in [0.3, 0.4) is 0 Å². The molecular weight excluding hydrogens is 252 g/mol. The molecule has 5 nitrogen and oxygen atoms in total. The van der Waals surface area contributed by atoms with Crippen LogP contribution in [0.1, 0.15) is 42.5 Å². The summed E-state index contributed by atoms with van der Waals surface area (Å²) in [6.07, 6.45) is 8.14. The Morgan fingerprint density at radius 2 is 2.00 bits per heavy atom. The molecule has 3 rings (SSSR count). The molecule has 2 atom stereocenters. The summed E-state index contributed by atoms with van der Waals surface area (Å²) in [6, 6.07) is 1.64. The number of carbonyl (C=O) groups excluding carboxylic acids is 1. The topological polar surface area (TPSA) is 85.2 Å². The standard InChI is InChI=1S/C15H22N4O/c16-12-7-13(14(17)20)15(18-8-12)19-6-5-10-3-1-2-4-11(10)9-19/h7-8,10-11H,1-6,9,16H2,(H2,17,20). The van der Waals surface area contributed by atoms with Crippen LogP contribution in [0.4, 0.5) is 11.5 Å². The summed E-state index contributed by atoms with van der Waals surface area (Å²) in [5, 5.41) is 0. The normalized spacial score (nSPS) is 26.1. The second kappa shape index (κ2) is 5.31. The van der Waals surface area contributed by atoms with Crippen LogP contribution >= 0.6 is 0 Å². The van der Waals surface area contributed by atoms with Crippen LogP contribution in [0.15, 0.2) is 12.3 Å². The molecular formula is C15H22N4O. The lowest BCUT2D eigenvalue weighted by Gasteiger charge is -2.42. The van der Waals surface area contributed by atoms with E-state index in [-0.39, 0.29) is 0 Å². The maximum Gasteiger partial charge on any atom is 0.252 e. The molecule has 1 aromatic heterocycles. The van der Waals surface area contributed by atoms with Crippen LogP contribution < -0.4 is 16.4 Å². The minimum atomic E-state index is -0.453. The van der Waals surface area contributed by atoms with Gasteiger partial charge in [-0.05, 0) is 30.7 Å². The van der Waals surface area contributed by atoms with Gasteiger partial charge in [0.25, 0.3) is 5.91 Å². The first-order valence-corrected chi connectivity index (χ1v) is 7.45. The van der Waals surface area contributed by atoms with Crippen molar-refractivity contribution < 1.29 is 4.79 Å². The Balaban J connectivity index is 1.84. The summed E-state index contributed by atoms with van der Waals surface area (Å²) in [7, 11) is 0. The molecule has 1 aliphatic carbocycles. The van der Waals surface area contributed by atoms with E-state index in [1.54, 1.807) is 12.3 Å². The van der Waals surface area contributed by atoms with Crippen LogP contribution in [0.5, 0.6) is 0 Å². The van der Waals surface area contributed by atoms with E-state index in [0.29, 0.717) is 17.1 Å². The number of rotatable bonds is 2. The van der Waals surface area contributed by atoms with Crippen molar-refractivity contribution in [2.75, 3.05) is 23.7 Å². The minimum Gasteiger partial charge on any atom is -0.397 e. The highest BCUT2D eigenvalue weighted by atomic mass is 16.1. The molecule has 0 radical (unpaired) electrons. The Morgan fingerprint density at radius 3 is 2.75 bits per heavy atom. The molecule has 0 spiro atoms. The molecule has 1 amide bonds. The molecule has 4 N–H and O–H groups in total. The predicted octanol–water partition coefficient (Wildman–Crippen LogP) is 1.78. The first kappa shape index (κ1) is 13.2. The molecule has 20 heavy (non-hydrogen) atoms. The van der Waals surface area contributed by atoms with Crippen molar-refractivity contribution in [1.82, 2.24) is 4.98 Å². The van der Waals surface area contributed by atoms with Crippen LogP contribution in [-0.2, 0) is 0 Å². The smallest absolute Gasteiger partial charge is 0.252 e. The van der Waals surface area contributed by atoms with Crippen LogP contribution in [0.25, 0.3) is 0 Å². The van der Waals surface area contributed by atoms with Gasteiger partial charge in [-0.15, -0.1) is 0 Å². The number of nitrogen functional groups attached to an aromatic ring is 1. The SMILES string of the molecule is NC(=O)c1cc(N)cnc1N1CCC2CCCCC2C1. The average molecular weight is 274 g/mol. The number of hydrogen-bond donors (Lipinski definition) is 2. The zero-order valence-corrected chi connectivity index (χ0v) is 11.7. The minimum absolute atomic E-state index is 0.444. The molecule has 1 saturated heterocycles. The highest BCUT2D eigenvalue weighted by molar-refractivity contribution is 5.98. The van der Waals surface area contributed by atoms with Gasteiger partial charge < -0.3 is 16.4 Å². The van der Waals surface area contributed by atoms with Crippen LogP contribution in [0, 0.1) is 11.8 Å². The van der Waals surface area contributed by atoms with E-state index in [1.807, 2.05) is 0 Å². The van der Waals surface area contributed by atoms with Crippen LogP contribution in [0.2, 0.25) is 0 Å². The zero-order valence-electron chi connectivity index (χ0n) is 11.7. The highest BCUT2D eigenvalue weighted by Gasteiger charge is 2.32. The van der Waals surface area contributed by atoms with Gasteiger partial charge in [-0.25, -0.2) is 4.98 Å². The zero-order chi connectivity index (χ0) is 14.1. The van der Waals surface area contributed by atoms with E-state index >= 15 is 0 Å². The summed E-state index contributed by atoms with van der Waals surface area (Å²) in [6.45, 7) is 1.94. The van der Waals surface area contributed by atoms with Gasteiger partial charge in [0.15, 0.2) is 0 Å². The van der Waals surface area contributed by atoms with Crippen molar-refractivity contribution in [1.29, 1.82) is 0 Å². The number of aromatic nitrogens is 1. The van der Waals surface area contributed by atoms with E-state index in [2.05, 4.69) is 9.88 Å². The van der Waals surface area contributed by atoms with Crippen molar-refractivity contribution in [2.24, 2.45) is 17.6 Å². The van der Waals surface area contributed by atoms with Crippen molar-refractivity contribution in [3.05, 3.63) is 17.8 Å². The van der Waals surface area contributed by atoms with E-state index in [0.717, 1.165) is 24.9 Å². The number of primary amides is 1. The molecule has 1 saturated carbocycles. The third kappa shape index (κ3) is 2.44. The number of nitrogens with zero attached hydrogens (tertiary/aromatic N) is 2. The third-order valence-electron chi connectivity index (χ3n) is 4.74. The van der Waals surface area contributed by atoms with Gasteiger partial charge in [-0.3, -0.25) is 4.79 Å². The summed E-state index contributed by atoms with van der Waals surface area (Å²) >= 11 is 0. The summed E-state index contributed by atoms with van der Waals surface area (Å²) < 4.78 is 0. The molecule has 1 aromatic rings. The summed E-state index contributed by atoms with van der Waals surface area (Å²) in [5.74, 6) is 1.84. The molecule has 2 unspecified atom stereocenters. The first-order chi connectivity index (χ1) is 9.65. The molecule has 0 aromatic carbocycles. The largest absolute Gasteiger partial charge is 0.397 e. The lowest BCUT2D eigenvalue weighted by Crippen LogP contribution is -2.43. The number of anilines is 2. The fourth-order valence-electron chi connectivity index (χ4n) is 3.70. The van der Waals surface area contributed by atoms with Gasteiger partial charge in [0.1, 0.15) is 5.82 Å². The van der Waals surface area contributed by atoms with Gasteiger partial charge in [0.2, 0.25) is 0 Å². The van der Waals surface area contributed by atoms with Crippen molar-refractivity contribution >= 4 is 17.4 Å². The van der Waals surface area contributed by atoms with Gasteiger partial charge in [0.05, 0.1) is 17.4 Å². The number of fused-ring (bicyclic) bond motifs is 1. The molecule has 2 aliphatic rings. The van der Waals surface area contributed by atoms with Gasteiger partial charge >= 0.3 is 0 Å². The van der Waals surface area contributed by atoms with E-state index < -0.39 is 5.91 Å². The number of nitrogens with two attached hydrogens (primary N) is 2.